The highest BCUT2D eigenvalue weighted by Crippen LogP contribution is 2.35. The Bertz CT molecular complexity index is 761. The standard InChI is InChI=1S/C16H14F3N3O3/c1-25-14-7-2-10(16(17,18)19)8-13(14)22-15(24)21-12-5-3-11(4-6-12)20-9-23/h2-9H,1H3,(H,20,23)(H2,21,22,24). The molecule has 25 heavy (non-hydrogen) atoms. The molecular formula is C16H14F3N3O3. The number of alkyl halides is 3. The average Bonchev–Trinajstić information content (AvgIpc) is 2.56. The maximum Gasteiger partial charge on any atom is 0.416 e. The van der Waals surface area contributed by atoms with Gasteiger partial charge in [0.05, 0.1) is 18.4 Å². The first-order valence-electron chi connectivity index (χ1n) is 6.97. The van der Waals surface area contributed by atoms with Crippen LogP contribution in [-0.4, -0.2) is 19.6 Å². The third kappa shape index (κ3) is 4.87. The van der Waals surface area contributed by atoms with Crippen molar-refractivity contribution in [2.45, 2.75) is 6.18 Å². The topological polar surface area (TPSA) is 79.5 Å². The SMILES string of the molecule is COc1ccc(C(F)(F)F)cc1NC(=O)Nc1ccc(NC=O)cc1. The van der Waals surface area contributed by atoms with E-state index < -0.39 is 17.8 Å². The van der Waals surface area contributed by atoms with Crippen molar-refractivity contribution in [3.63, 3.8) is 0 Å². The van der Waals surface area contributed by atoms with Crippen LogP contribution in [-0.2, 0) is 11.0 Å². The molecule has 0 fully saturated rings. The zero-order chi connectivity index (χ0) is 18.4. The molecule has 9 heteroatoms. The highest BCUT2D eigenvalue weighted by atomic mass is 19.4. The number of anilines is 3. The number of nitrogens with one attached hydrogen (secondary N) is 3. The zero-order valence-corrected chi connectivity index (χ0v) is 13.0. The molecule has 0 bridgehead atoms. The van der Waals surface area contributed by atoms with Crippen molar-refractivity contribution in [3.05, 3.63) is 48.0 Å². The van der Waals surface area contributed by atoms with Crippen LogP contribution in [0.1, 0.15) is 5.56 Å². The molecule has 6 nitrogen and oxygen atoms in total. The van der Waals surface area contributed by atoms with Gasteiger partial charge in [-0.25, -0.2) is 4.79 Å². The number of amides is 3. The highest BCUT2D eigenvalue weighted by Gasteiger charge is 2.31. The molecule has 0 atom stereocenters. The van der Waals surface area contributed by atoms with Crippen LogP contribution in [0.15, 0.2) is 42.5 Å². The molecule has 0 aliphatic heterocycles. The number of carbonyl (C=O) groups is 2. The van der Waals surface area contributed by atoms with Gasteiger partial charge in [-0.1, -0.05) is 0 Å². The second kappa shape index (κ2) is 7.56. The molecule has 0 heterocycles. The first-order chi connectivity index (χ1) is 11.8. The van der Waals surface area contributed by atoms with E-state index in [2.05, 4.69) is 16.0 Å². The Balaban J connectivity index is 2.12. The quantitative estimate of drug-likeness (QED) is 0.713. The number of benzene rings is 2. The molecule has 2 rings (SSSR count). The van der Waals surface area contributed by atoms with E-state index in [4.69, 9.17) is 4.74 Å². The van der Waals surface area contributed by atoms with Gasteiger partial charge in [-0.3, -0.25) is 4.79 Å². The molecule has 0 aromatic heterocycles. The van der Waals surface area contributed by atoms with Gasteiger partial charge < -0.3 is 20.7 Å². The molecule has 0 unspecified atom stereocenters. The van der Waals surface area contributed by atoms with Gasteiger partial charge in [0.25, 0.3) is 0 Å². The summed E-state index contributed by atoms with van der Waals surface area (Å²) in [6.45, 7) is 0. The highest BCUT2D eigenvalue weighted by molar-refractivity contribution is 6.00. The summed E-state index contributed by atoms with van der Waals surface area (Å²) >= 11 is 0. The minimum absolute atomic E-state index is 0.0914. The predicted molar refractivity (Wildman–Crippen MR) is 86.8 cm³/mol. The van der Waals surface area contributed by atoms with Gasteiger partial charge in [0.2, 0.25) is 6.41 Å². The number of methoxy groups -OCH3 is 1. The van der Waals surface area contributed by atoms with Gasteiger partial charge >= 0.3 is 12.2 Å². The smallest absolute Gasteiger partial charge is 0.416 e. The van der Waals surface area contributed by atoms with E-state index in [9.17, 15) is 22.8 Å². The Morgan fingerprint density at radius 2 is 1.68 bits per heavy atom. The summed E-state index contributed by atoms with van der Waals surface area (Å²) in [4.78, 5) is 22.3. The third-order valence-electron chi connectivity index (χ3n) is 3.14. The molecule has 2 aromatic rings. The maximum absolute atomic E-state index is 12.8. The van der Waals surface area contributed by atoms with E-state index in [1.807, 2.05) is 0 Å². The van der Waals surface area contributed by atoms with E-state index in [1.54, 1.807) is 12.1 Å². The third-order valence-corrected chi connectivity index (χ3v) is 3.14. The second-order valence-corrected chi connectivity index (χ2v) is 4.83. The lowest BCUT2D eigenvalue weighted by Gasteiger charge is -2.14. The molecule has 0 spiro atoms. The second-order valence-electron chi connectivity index (χ2n) is 4.83. The number of ether oxygens (including phenoxy) is 1. The summed E-state index contributed by atoms with van der Waals surface area (Å²) in [6, 6.07) is 8.18. The minimum atomic E-state index is -4.54. The fourth-order valence-electron chi connectivity index (χ4n) is 1.98. The number of urea groups is 1. The summed E-state index contributed by atoms with van der Waals surface area (Å²) in [5.74, 6) is 0.0914. The van der Waals surface area contributed by atoms with Crippen molar-refractivity contribution in [3.8, 4) is 5.75 Å². The van der Waals surface area contributed by atoms with Gasteiger partial charge in [-0.05, 0) is 42.5 Å². The van der Waals surface area contributed by atoms with E-state index in [-0.39, 0.29) is 11.4 Å². The predicted octanol–water partition coefficient (Wildman–Crippen LogP) is 3.93. The van der Waals surface area contributed by atoms with Crippen LogP contribution in [0.5, 0.6) is 5.75 Å². The van der Waals surface area contributed by atoms with Gasteiger partial charge in [0, 0.05) is 11.4 Å². The van der Waals surface area contributed by atoms with Gasteiger partial charge in [0.15, 0.2) is 0 Å². The van der Waals surface area contributed by atoms with Gasteiger partial charge in [-0.15, -0.1) is 0 Å². The molecule has 0 saturated carbocycles. The lowest BCUT2D eigenvalue weighted by atomic mass is 10.2. The van der Waals surface area contributed by atoms with Crippen LogP contribution in [0, 0.1) is 0 Å². The van der Waals surface area contributed by atoms with E-state index >= 15 is 0 Å². The number of rotatable bonds is 5. The summed E-state index contributed by atoms with van der Waals surface area (Å²) in [5.41, 5.74) is -0.109. The first-order valence-corrected chi connectivity index (χ1v) is 6.97. The number of hydrogen-bond donors (Lipinski definition) is 3. The average molecular weight is 353 g/mol. The van der Waals surface area contributed by atoms with Crippen LogP contribution in [0.2, 0.25) is 0 Å². The number of halogens is 3. The van der Waals surface area contributed by atoms with E-state index in [0.29, 0.717) is 17.8 Å². The Labute approximate surface area is 141 Å². The van der Waals surface area contributed by atoms with E-state index in [0.717, 1.165) is 18.2 Å². The monoisotopic (exact) mass is 353 g/mol. The largest absolute Gasteiger partial charge is 0.495 e. The fraction of sp³-hybridized carbons (Fsp3) is 0.125. The van der Waals surface area contributed by atoms with Crippen LogP contribution >= 0.6 is 0 Å². The van der Waals surface area contributed by atoms with Gasteiger partial charge in [0.1, 0.15) is 5.75 Å². The minimum Gasteiger partial charge on any atom is -0.495 e. The van der Waals surface area contributed by atoms with Crippen molar-refractivity contribution >= 4 is 29.5 Å². The van der Waals surface area contributed by atoms with Crippen LogP contribution < -0.4 is 20.7 Å². The molecule has 0 radical (unpaired) electrons. The lowest BCUT2D eigenvalue weighted by Crippen LogP contribution is -2.20. The fourth-order valence-corrected chi connectivity index (χ4v) is 1.98. The van der Waals surface area contributed by atoms with Crippen molar-refractivity contribution in [1.29, 1.82) is 0 Å². The Hall–Kier alpha value is -3.23. The first kappa shape index (κ1) is 18.1. The van der Waals surface area contributed by atoms with Crippen LogP contribution in [0.3, 0.4) is 0 Å². The number of carbonyl (C=O) groups excluding carboxylic acids is 2. The Morgan fingerprint density at radius 3 is 2.24 bits per heavy atom. The molecule has 3 N–H and O–H groups in total. The van der Waals surface area contributed by atoms with Crippen LogP contribution in [0.4, 0.5) is 35.0 Å². The molecular weight excluding hydrogens is 339 g/mol. The number of hydrogen-bond acceptors (Lipinski definition) is 3. The molecule has 3 amide bonds. The Kier molecular flexibility index (Phi) is 5.48. The maximum atomic E-state index is 12.8. The van der Waals surface area contributed by atoms with E-state index in [1.165, 1.54) is 19.2 Å². The molecule has 132 valence electrons. The molecule has 0 aliphatic rings. The van der Waals surface area contributed by atoms with Gasteiger partial charge in [-0.2, -0.15) is 13.2 Å². The van der Waals surface area contributed by atoms with Crippen molar-refractivity contribution in [1.82, 2.24) is 0 Å². The lowest BCUT2D eigenvalue weighted by molar-refractivity contribution is -0.137. The summed E-state index contributed by atoms with van der Waals surface area (Å²) in [6.07, 6.45) is -4.03. The molecule has 2 aromatic carbocycles. The van der Waals surface area contributed by atoms with Crippen molar-refractivity contribution in [2.75, 3.05) is 23.1 Å². The van der Waals surface area contributed by atoms with Crippen molar-refractivity contribution < 1.29 is 27.5 Å². The summed E-state index contributed by atoms with van der Waals surface area (Å²) in [7, 11) is 1.28. The Morgan fingerprint density at radius 1 is 1.04 bits per heavy atom. The molecule has 0 aliphatic carbocycles. The van der Waals surface area contributed by atoms with Crippen molar-refractivity contribution in [2.24, 2.45) is 0 Å². The van der Waals surface area contributed by atoms with Crippen LogP contribution in [0.25, 0.3) is 0 Å². The molecule has 0 saturated heterocycles. The summed E-state index contributed by atoms with van der Waals surface area (Å²) < 4.78 is 43.3. The zero-order valence-electron chi connectivity index (χ0n) is 13.0. The summed E-state index contributed by atoms with van der Waals surface area (Å²) in [5, 5.41) is 7.21. The normalized spacial score (nSPS) is 10.7.